The van der Waals surface area contributed by atoms with Gasteiger partial charge in [-0.1, -0.05) is 12.8 Å². The number of hydrogen-bond donors (Lipinski definition) is 3. The van der Waals surface area contributed by atoms with Crippen molar-refractivity contribution >= 4 is 17.3 Å². The first-order valence-electron chi connectivity index (χ1n) is 8.81. The summed E-state index contributed by atoms with van der Waals surface area (Å²) in [6, 6.07) is 8.74. The van der Waals surface area contributed by atoms with E-state index >= 15 is 0 Å². The third-order valence-corrected chi connectivity index (χ3v) is 4.37. The number of amides is 1. The average Bonchev–Trinajstić information content (AvgIpc) is 2.62. The van der Waals surface area contributed by atoms with E-state index in [1.54, 1.807) is 5.48 Å². The minimum absolute atomic E-state index is 0.295. The Morgan fingerprint density at radius 1 is 1.00 bits per heavy atom. The molecule has 0 saturated carbocycles. The number of hydrogen-bond acceptors (Lipinski definition) is 4. The highest BCUT2D eigenvalue weighted by molar-refractivity contribution is 5.74. The zero-order chi connectivity index (χ0) is 16.3. The summed E-state index contributed by atoms with van der Waals surface area (Å²) in [5.74, 6) is -0.295. The van der Waals surface area contributed by atoms with Gasteiger partial charge in [0.2, 0.25) is 5.91 Å². The Morgan fingerprint density at radius 3 is 2.39 bits per heavy atom. The van der Waals surface area contributed by atoms with Crippen molar-refractivity contribution in [1.82, 2.24) is 5.48 Å². The summed E-state index contributed by atoms with van der Waals surface area (Å²) in [5, 5.41) is 11.8. The second kappa shape index (κ2) is 10.1. The molecule has 128 valence electrons. The van der Waals surface area contributed by atoms with Crippen LogP contribution in [-0.4, -0.2) is 30.7 Å². The first-order chi connectivity index (χ1) is 11.3. The van der Waals surface area contributed by atoms with Gasteiger partial charge in [0.15, 0.2) is 0 Å². The lowest BCUT2D eigenvalue weighted by molar-refractivity contribution is -0.129. The van der Waals surface area contributed by atoms with Crippen LogP contribution in [-0.2, 0) is 4.79 Å². The molecule has 23 heavy (non-hydrogen) atoms. The predicted molar refractivity (Wildman–Crippen MR) is 94.0 cm³/mol. The highest BCUT2D eigenvalue weighted by Crippen LogP contribution is 2.21. The lowest BCUT2D eigenvalue weighted by atomic mass is 10.1. The number of nitrogens with one attached hydrogen (secondary N) is 2. The molecule has 3 N–H and O–H groups in total. The van der Waals surface area contributed by atoms with Crippen LogP contribution in [0.3, 0.4) is 0 Å². The van der Waals surface area contributed by atoms with Crippen LogP contribution < -0.4 is 15.7 Å². The quantitative estimate of drug-likeness (QED) is 0.370. The molecule has 1 aromatic rings. The minimum atomic E-state index is -0.295. The molecule has 1 fully saturated rings. The Kier molecular flexibility index (Phi) is 7.73. The van der Waals surface area contributed by atoms with Crippen LogP contribution >= 0.6 is 0 Å². The van der Waals surface area contributed by atoms with Gasteiger partial charge >= 0.3 is 0 Å². The third kappa shape index (κ3) is 6.48. The average molecular weight is 319 g/mol. The maximum absolute atomic E-state index is 10.9. The van der Waals surface area contributed by atoms with E-state index in [0.29, 0.717) is 6.42 Å². The smallest absolute Gasteiger partial charge is 0.243 e. The van der Waals surface area contributed by atoms with Gasteiger partial charge in [-0.3, -0.25) is 10.0 Å². The highest BCUT2D eigenvalue weighted by Gasteiger charge is 2.10. The molecule has 0 aromatic heterocycles. The number of hydroxylamine groups is 1. The molecule has 5 nitrogen and oxygen atoms in total. The molecular formula is C18H29N3O2. The van der Waals surface area contributed by atoms with Crippen molar-refractivity contribution in [1.29, 1.82) is 0 Å². The maximum Gasteiger partial charge on any atom is 0.243 e. The predicted octanol–water partition coefficient (Wildman–Crippen LogP) is 3.54. The topological polar surface area (TPSA) is 64.6 Å². The first-order valence-corrected chi connectivity index (χ1v) is 8.81. The van der Waals surface area contributed by atoms with Crippen molar-refractivity contribution in [3.63, 3.8) is 0 Å². The fraction of sp³-hybridized carbons (Fsp3) is 0.611. The van der Waals surface area contributed by atoms with E-state index in [-0.39, 0.29) is 5.91 Å². The molecule has 0 aliphatic carbocycles. The number of carbonyl (C=O) groups is 1. The molecule has 5 heteroatoms. The van der Waals surface area contributed by atoms with Crippen molar-refractivity contribution in [2.45, 2.75) is 51.4 Å². The molecule has 1 amide bonds. The lowest BCUT2D eigenvalue weighted by Gasteiger charge is -2.28. The largest absolute Gasteiger partial charge is 0.385 e. The van der Waals surface area contributed by atoms with Crippen molar-refractivity contribution in [3.8, 4) is 0 Å². The van der Waals surface area contributed by atoms with Crippen LogP contribution in [0.25, 0.3) is 0 Å². The normalized spacial score (nSPS) is 14.6. The summed E-state index contributed by atoms with van der Waals surface area (Å²) in [6.45, 7) is 3.32. The van der Waals surface area contributed by atoms with E-state index in [1.807, 2.05) is 0 Å². The summed E-state index contributed by atoms with van der Waals surface area (Å²) in [6.07, 6.45) is 8.41. The van der Waals surface area contributed by atoms with Crippen LogP contribution in [0.1, 0.15) is 51.4 Å². The summed E-state index contributed by atoms with van der Waals surface area (Å²) in [4.78, 5) is 13.3. The molecule has 2 rings (SSSR count). The van der Waals surface area contributed by atoms with Crippen molar-refractivity contribution < 1.29 is 10.0 Å². The SMILES string of the molecule is O=C(CCCCCCNc1ccc(N2CCCCC2)cc1)NO. The highest BCUT2D eigenvalue weighted by atomic mass is 16.5. The lowest BCUT2D eigenvalue weighted by Crippen LogP contribution is -2.29. The van der Waals surface area contributed by atoms with Crippen LogP contribution in [0.2, 0.25) is 0 Å². The van der Waals surface area contributed by atoms with E-state index in [2.05, 4.69) is 34.5 Å². The van der Waals surface area contributed by atoms with Gasteiger partial charge in [0.1, 0.15) is 0 Å². The minimum Gasteiger partial charge on any atom is -0.385 e. The summed E-state index contributed by atoms with van der Waals surface area (Å²) in [7, 11) is 0. The molecule has 0 spiro atoms. The zero-order valence-electron chi connectivity index (χ0n) is 13.9. The number of nitrogens with zero attached hydrogens (tertiary/aromatic N) is 1. The summed E-state index contributed by atoms with van der Waals surface area (Å²) in [5.41, 5.74) is 4.16. The molecule has 0 unspecified atom stereocenters. The van der Waals surface area contributed by atoms with Crippen LogP contribution in [0, 0.1) is 0 Å². The number of carbonyl (C=O) groups excluding carboxylic acids is 1. The van der Waals surface area contributed by atoms with E-state index in [9.17, 15) is 4.79 Å². The second-order valence-corrected chi connectivity index (χ2v) is 6.22. The molecule has 1 heterocycles. The first kappa shape index (κ1) is 17.6. The van der Waals surface area contributed by atoms with Crippen LogP contribution in [0.4, 0.5) is 11.4 Å². The van der Waals surface area contributed by atoms with Crippen molar-refractivity contribution in [2.24, 2.45) is 0 Å². The fourth-order valence-electron chi connectivity index (χ4n) is 2.99. The zero-order valence-corrected chi connectivity index (χ0v) is 13.9. The maximum atomic E-state index is 10.9. The third-order valence-electron chi connectivity index (χ3n) is 4.37. The molecule has 0 bridgehead atoms. The standard InChI is InChI=1S/C18H29N3O2/c22-18(20-23)8-4-1-2-5-13-19-16-9-11-17(12-10-16)21-14-6-3-7-15-21/h9-12,19,23H,1-8,13-15H2,(H,20,22). The summed E-state index contributed by atoms with van der Waals surface area (Å²) >= 11 is 0. The Balaban J connectivity index is 1.58. The molecule has 1 aliphatic heterocycles. The number of anilines is 2. The monoisotopic (exact) mass is 319 g/mol. The Hall–Kier alpha value is -1.75. The Morgan fingerprint density at radius 2 is 1.70 bits per heavy atom. The number of piperidine rings is 1. The van der Waals surface area contributed by atoms with Crippen LogP contribution in [0.15, 0.2) is 24.3 Å². The Bertz CT molecular complexity index is 456. The van der Waals surface area contributed by atoms with Gasteiger partial charge in [-0.15, -0.1) is 0 Å². The molecule has 1 aliphatic rings. The van der Waals surface area contributed by atoms with Gasteiger partial charge in [-0.25, -0.2) is 5.48 Å². The van der Waals surface area contributed by atoms with E-state index in [0.717, 1.165) is 32.2 Å². The number of unbranched alkanes of at least 4 members (excludes halogenated alkanes) is 3. The van der Waals surface area contributed by atoms with Gasteiger partial charge in [0.05, 0.1) is 0 Å². The second-order valence-electron chi connectivity index (χ2n) is 6.22. The van der Waals surface area contributed by atoms with Gasteiger partial charge in [-0.2, -0.15) is 0 Å². The molecular weight excluding hydrogens is 290 g/mol. The molecule has 1 aromatic carbocycles. The van der Waals surface area contributed by atoms with Crippen molar-refractivity contribution in [2.75, 3.05) is 29.9 Å². The van der Waals surface area contributed by atoms with E-state index < -0.39 is 0 Å². The molecule has 0 radical (unpaired) electrons. The number of benzene rings is 1. The molecule has 1 saturated heterocycles. The van der Waals surface area contributed by atoms with Crippen LogP contribution in [0.5, 0.6) is 0 Å². The van der Waals surface area contributed by atoms with Gasteiger partial charge in [0, 0.05) is 37.4 Å². The molecule has 0 atom stereocenters. The summed E-state index contributed by atoms with van der Waals surface area (Å²) < 4.78 is 0. The number of rotatable bonds is 9. The van der Waals surface area contributed by atoms with Gasteiger partial charge in [-0.05, 0) is 56.4 Å². The van der Waals surface area contributed by atoms with E-state index in [4.69, 9.17) is 5.21 Å². The Labute approximate surface area is 139 Å². The van der Waals surface area contributed by atoms with Gasteiger partial charge in [0.25, 0.3) is 0 Å². The fourth-order valence-corrected chi connectivity index (χ4v) is 2.99. The van der Waals surface area contributed by atoms with E-state index in [1.165, 1.54) is 43.7 Å². The van der Waals surface area contributed by atoms with Crippen molar-refractivity contribution in [3.05, 3.63) is 24.3 Å². The van der Waals surface area contributed by atoms with Gasteiger partial charge < -0.3 is 10.2 Å².